The number of carbonyl (C=O) groups is 1. The summed E-state index contributed by atoms with van der Waals surface area (Å²) in [6.45, 7) is 3.06. The van der Waals surface area contributed by atoms with Gasteiger partial charge in [0.25, 0.3) is 0 Å². The number of rotatable bonds is 4. The fraction of sp³-hybridized carbons (Fsp3) is 0.875. The third-order valence-corrected chi connectivity index (χ3v) is 1.49. The topological polar surface area (TPSA) is 66.8 Å². The molecule has 0 amide bonds. The maximum absolute atomic E-state index is 10.7. The number of methoxy groups -OCH3 is 1. The van der Waals surface area contributed by atoms with Crippen LogP contribution in [0.4, 0.5) is 0 Å². The molecule has 0 aromatic heterocycles. The summed E-state index contributed by atoms with van der Waals surface area (Å²) in [4.78, 5) is 10.7. The van der Waals surface area contributed by atoms with Gasteiger partial charge in [0.2, 0.25) is 0 Å². The Morgan fingerprint density at radius 2 is 2.17 bits per heavy atom. The van der Waals surface area contributed by atoms with Crippen molar-refractivity contribution in [2.75, 3.05) is 7.11 Å². The van der Waals surface area contributed by atoms with E-state index in [2.05, 4.69) is 4.74 Å². The minimum Gasteiger partial charge on any atom is -0.469 e. The molecule has 2 N–H and O–H groups in total. The highest BCUT2D eigenvalue weighted by Gasteiger charge is 2.26. The predicted octanol–water partition coefficient (Wildman–Crippen LogP) is 0.0714. The van der Waals surface area contributed by atoms with E-state index in [1.165, 1.54) is 14.0 Å². The lowest BCUT2D eigenvalue weighted by molar-refractivity contribution is -0.146. The van der Waals surface area contributed by atoms with Gasteiger partial charge in [-0.2, -0.15) is 0 Å². The van der Waals surface area contributed by atoms with Gasteiger partial charge in [0, 0.05) is 6.42 Å². The molecular formula is C8H16O4. The van der Waals surface area contributed by atoms with Crippen molar-refractivity contribution >= 4 is 5.97 Å². The zero-order valence-corrected chi connectivity index (χ0v) is 7.70. The molecule has 12 heavy (non-hydrogen) atoms. The van der Waals surface area contributed by atoms with Crippen molar-refractivity contribution < 1.29 is 19.7 Å². The fourth-order valence-electron chi connectivity index (χ4n) is 1.09. The molecule has 0 aliphatic carbocycles. The number of carbonyl (C=O) groups excluding carboxylic acids is 1. The summed E-state index contributed by atoms with van der Waals surface area (Å²) >= 11 is 0. The van der Waals surface area contributed by atoms with Crippen LogP contribution in [0.5, 0.6) is 0 Å². The molecule has 0 aromatic carbocycles. The van der Waals surface area contributed by atoms with E-state index in [1.54, 1.807) is 6.92 Å². The Kier molecular flexibility index (Phi) is 4.20. The van der Waals surface area contributed by atoms with Crippen LogP contribution in [-0.4, -0.2) is 35.0 Å². The molecule has 2 atom stereocenters. The van der Waals surface area contributed by atoms with Crippen molar-refractivity contribution in [2.24, 2.45) is 0 Å². The van der Waals surface area contributed by atoms with E-state index in [-0.39, 0.29) is 12.8 Å². The average molecular weight is 176 g/mol. The van der Waals surface area contributed by atoms with Gasteiger partial charge in [0.05, 0.1) is 25.2 Å². The van der Waals surface area contributed by atoms with Crippen LogP contribution < -0.4 is 0 Å². The van der Waals surface area contributed by atoms with Crippen molar-refractivity contribution in [1.29, 1.82) is 0 Å². The summed E-state index contributed by atoms with van der Waals surface area (Å²) in [5, 5.41) is 18.5. The number of aliphatic hydroxyl groups is 2. The molecule has 0 aliphatic heterocycles. The van der Waals surface area contributed by atoms with Crippen molar-refractivity contribution in [2.45, 2.75) is 38.4 Å². The number of aliphatic hydroxyl groups excluding tert-OH is 1. The second-order valence-corrected chi connectivity index (χ2v) is 3.30. The molecule has 0 bridgehead atoms. The fourth-order valence-corrected chi connectivity index (χ4v) is 1.09. The smallest absolute Gasteiger partial charge is 0.308 e. The van der Waals surface area contributed by atoms with Crippen molar-refractivity contribution in [1.82, 2.24) is 0 Å². The lowest BCUT2D eigenvalue weighted by Crippen LogP contribution is -2.32. The van der Waals surface area contributed by atoms with Crippen LogP contribution in [0.1, 0.15) is 26.7 Å². The lowest BCUT2D eigenvalue weighted by Gasteiger charge is -2.22. The van der Waals surface area contributed by atoms with E-state index in [9.17, 15) is 9.90 Å². The van der Waals surface area contributed by atoms with Crippen LogP contribution in [-0.2, 0) is 9.53 Å². The Morgan fingerprint density at radius 3 is 2.50 bits per heavy atom. The molecule has 0 saturated heterocycles. The summed E-state index contributed by atoms with van der Waals surface area (Å²) in [6.07, 6.45) is -0.541. The second-order valence-electron chi connectivity index (χ2n) is 3.30. The van der Waals surface area contributed by atoms with Crippen LogP contribution >= 0.6 is 0 Å². The normalized spacial score (nSPS) is 18.1. The zero-order chi connectivity index (χ0) is 9.78. The van der Waals surface area contributed by atoms with Crippen LogP contribution in [0.3, 0.4) is 0 Å². The number of esters is 1. The summed E-state index contributed by atoms with van der Waals surface area (Å²) in [7, 11) is 1.26. The largest absolute Gasteiger partial charge is 0.469 e. The van der Waals surface area contributed by atoms with Gasteiger partial charge >= 0.3 is 5.97 Å². The minimum atomic E-state index is -1.18. The first-order valence-electron chi connectivity index (χ1n) is 3.84. The monoisotopic (exact) mass is 176 g/mol. The first kappa shape index (κ1) is 11.4. The Labute approximate surface area is 72.2 Å². The Hall–Kier alpha value is -0.610. The standard InChI is InChI=1S/C8H16O4/c1-6(9)4-8(2,11)5-7(10)12-3/h6,9,11H,4-5H2,1-3H3. The second kappa shape index (κ2) is 4.42. The molecule has 0 saturated carbocycles. The molecular weight excluding hydrogens is 160 g/mol. The van der Waals surface area contributed by atoms with Crippen LogP contribution in [0.2, 0.25) is 0 Å². The first-order valence-corrected chi connectivity index (χ1v) is 3.84. The number of hydrogen-bond donors (Lipinski definition) is 2. The molecule has 0 radical (unpaired) electrons. The van der Waals surface area contributed by atoms with E-state index in [0.29, 0.717) is 0 Å². The third-order valence-electron chi connectivity index (χ3n) is 1.49. The van der Waals surface area contributed by atoms with Gasteiger partial charge in [-0.15, -0.1) is 0 Å². The van der Waals surface area contributed by atoms with Crippen molar-refractivity contribution in [3.63, 3.8) is 0 Å². The number of hydrogen-bond acceptors (Lipinski definition) is 4. The lowest BCUT2D eigenvalue weighted by atomic mass is 9.95. The van der Waals surface area contributed by atoms with E-state index in [0.717, 1.165) is 0 Å². The van der Waals surface area contributed by atoms with E-state index in [1.807, 2.05) is 0 Å². The Bertz CT molecular complexity index is 151. The van der Waals surface area contributed by atoms with E-state index >= 15 is 0 Å². The highest BCUT2D eigenvalue weighted by atomic mass is 16.5. The van der Waals surface area contributed by atoms with Gasteiger partial charge < -0.3 is 14.9 Å². The minimum absolute atomic E-state index is 0.0889. The SMILES string of the molecule is COC(=O)CC(C)(O)CC(C)O. The quantitative estimate of drug-likeness (QED) is 0.595. The molecule has 4 nitrogen and oxygen atoms in total. The van der Waals surface area contributed by atoms with Crippen LogP contribution in [0, 0.1) is 0 Å². The third kappa shape index (κ3) is 5.09. The van der Waals surface area contributed by atoms with Crippen molar-refractivity contribution in [3.05, 3.63) is 0 Å². The van der Waals surface area contributed by atoms with Gasteiger partial charge in [-0.1, -0.05) is 0 Å². The van der Waals surface area contributed by atoms with E-state index in [4.69, 9.17) is 5.11 Å². The molecule has 0 spiro atoms. The first-order chi connectivity index (χ1) is 5.37. The van der Waals surface area contributed by atoms with E-state index < -0.39 is 17.7 Å². The molecule has 0 aromatic rings. The maximum atomic E-state index is 10.7. The number of ether oxygens (including phenoxy) is 1. The summed E-state index contributed by atoms with van der Waals surface area (Å²) in [5.74, 6) is -0.472. The van der Waals surface area contributed by atoms with Crippen LogP contribution in [0.15, 0.2) is 0 Å². The van der Waals surface area contributed by atoms with Gasteiger partial charge in [-0.25, -0.2) is 0 Å². The molecule has 2 unspecified atom stereocenters. The molecule has 4 heteroatoms. The molecule has 0 rings (SSSR count). The molecule has 72 valence electrons. The summed E-state index contributed by atoms with van der Waals surface area (Å²) in [5.41, 5.74) is -1.18. The van der Waals surface area contributed by atoms with Gasteiger partial charge in [0.1, 0.15) is 0 Å². The van der Waals surface area contributed by atoms with Crippen LogP contribution in [0.25, 0.3) is 0 Å². The van der Waals surface area contributed by atoms with Gasteiger partial charge in [0.15, 0.2) is 0 Å². The Balaban J connectivity index is 3.94. The highest BCUT2D eigenvalue weighted by molar-refractivity contribution is 5.70. The highest BCUT2D eigenvalue weighted by Crippen LogP contribution is 2.16. The zero-order valence-electron chi connectivity index (χ0n) is 7.70. The van der Waals surface area contributed by atoms with Gasteiger partial charge in [-0.3, -0.25) is 4.79 Å². The molecule has 0 fully saturated rings. The average Bonchev–Trinajstić information content (AvgIpc) is 1.83. The van der Waals surface area contributed by atoms with Gasteiger partial charge in [-0.05, 0) is 13.8 Å². The molecule has 0 heterocycles. The maximum Gasteiger partial charge on any atom is 0.308 e. The summed E-state index contributed by atoms with van der Waals surface area (Å²) in [6, 6.07) is 0. The molecule has 0 aliphatic rings. The van der Waals surface area contributed by atoms with Crippen molar-refractivity contribution in [3.8, 4) is 0 Å². The summed E-state index contributed by atoms with van der Waals surface area (Å²) < 4.78 is 4.39. The Morgan fingerprint density at radius 1 is 1.67 bits per heavy atom. The predicted molar refractivity (Wildman–Crippen MR) is 43.6 cm³/mol.